The first-order valence-corrected chi connectivity index (χ1v) is 3.92. The van der Waals surface area contributed by atoms with E-state index in [2.05, 4.69) is 0 Å². The number of nitrogens with two attached hydrogens (primary N) is 1. The number of nitro groups is 1. The zero-order valence-corrected chi connectivity index (χ0v) is 8.50. The first-order valence-electron chi connectivity index (χ1n) is 3.92. The minimum absolute atomic E-state index is 0. The average Bonchev–Trinajstić information content (AvgIpc) is 2.15. The molecule has 1 rings (SSSR count). The minimum Gasteiger partial charge on any atom is -0.489 e. The monoisotopic (exact) mass is 236 g/mol. The van der Waals surface area contributed by atoms with Gasteiger partial charge in [-0.05, 0) is 6.07 Å². The van der Waals surface area contributed by atoms with Gasteiger partial charge in [0.1, 0.15) is 6.61 Å². The van der Waals surface area contributed by atoms with Crippen molar-refractivity contribution < 1.29 is 14.1 Å². The van der Waals surface area contributed by atoms with Gasteiger partial charge in [0.05, 0.1) is 11.0 Å². The SMILES string of the molecule is Cl.NCCOc1ccc([N+](=O)[O-])cc1F. The molecule has 0 aliphatic carbocycles. The van der Waals surface area contributed by atoms with E-state index in [0.29, 0.717) is 0 Å². The van der Waals surface area contributed by atoms with Gasteiger partial charge in [-0.25, -0.2) is 4.39 Å². The molecular formula is C8H10ClFN2O3. The average molecular weight is 237 g/mol. The molecule has 0 radical (unpaired) electrons. The van der Waals surface area contributed by atoms with E-state index >= 15 is 0 Å². The quantitative estimate of drug-likeness (QED) is 0.635. The highest BCUT2D eigenvalue weighted by Crippen LogP contribution is 2.22. The maximum absolute atomic E-state index is 13.1. The molecule has 0 aromatic heterocycles. The van der Waals surface area contributed by atoms with Crippen LogP contribution < -0.4 is 10.5 Å². The summed E-state index contributed by atoms with van der Waals surface area (Å²) < 4.78 is 18.0. The number of nitro benzene ring substituents is 1. The van der Waals surface area contributed by atoms with Gasteiger partial charge in [-0.1, -0.05) is 0 Å². The van der Waals surface area contributed by atoms with Crippen molar-refractivity contribution in [2.45, 2.75) is 0 Å². The van der Waals surface area contributed by atoms with Crippen molar-refractivity contribution in [3.05, 3.63) is 34.1 Å². The van der Waals surface area contributed by atoms with Gasteiger partial charge < -0.3 is 10.5 Å². The number of nitrogens with zero attached hydrogens (tertiary/aromatic N) is 1. The maximum atomic E-state index is 13.1. The van der Waals surface area contributed by atoms with E-state index in [1.54, 1.807) is 0 Å². The Morgan fingerprint density at radius 3 is 2.67 bits per heavy atom. The Morgan fingerprint density at radius 2 is 2.20 bits per heavy atom. The Morgan fingerprint density at radius 1 is 1.53 bits per heavy atom. The molecule has 0 aliphatic rings. The molecule has 0 saturated heterocycles. The van der Waals surface area contributed by atoms with Crippen LogP contribution in [0.4, 0.5) is 10.1 Å². The second-order valence-electron chi connectivity index (χ2n) is 2.51. The van der Waals surface area contributed by atoms with Crippen LogP contribution in [0.1, 0.15) is 0 Å². The number of ether oxygens (including phenoxy) is 1. The van der Waals surface area contributed by atoms with E-state index in [9.17, 15) is 14.5 Å². The number of rotatable bonds is 4. The second-order valence-corrected chi connectivity index (χ2v) is 2.51. The van der Waals surface area contributed by atoms with Crippen molar-refractivity contribution in [2.75, 3.05) is 13.2 Å². The van der Waals surface area contributed by atoms with Crippen LogP contribution in [-0.4, -0.2) is 18.1 Å². The molecule has 0 fully saturated rings. The summed E-state index contributed by atoms with van der Waals surface area (Å²) in [7, 11) is 0. The number of hydrogen-bond donors (Lipinski definition) is 1. The lowest BCUT2D eigenvalue weighted by Gasteiger charge is -2.04. The second kappa shape index (κ2) is 6.15. The van der Waals surface area contributed by atoms with Gasteiger partial charge in [0.15, 0.2) is 11.6 Å². The van der Waals surface area contributed by atoms with Crippen LogP contribution in [0.2, 0.25) is 0 Å². The summed E-state index contributed by atoms with van der Waals surface area (Å²) in [4.78, 5) is 9.59. The number of non-ortho nitro benzene ring substituents is 1. The topological polar surface area (TPSA) is 78.4 Å². The van der Waals surface area contributed by atoms with Gasteiger partial charge in [0.25, 0.3) is 5.69 Å². The van der Waals surface area contributed by atoms with Crippen molar-refractivity contribution in [1.82, 2.24) is 0 Å². The molecule has 0 spiro atoms. The van der Waals surface area contributed by atoms with Gasteiger partial charge in [-0.2, -0.15) is 0 Å². The Labute approximate surface area is 91.6 Å². The van der Waals surface area contributed by atoms with E-state index in [1.165, 1.54) is 12.1 Å². The molecule has 15 heavy (non-hydrogen) atoms. The zero-order chi connectivity index (χ0) is 10.6. The standard InChI is InChI=1S/C8H9FN2O3.ClH/c9-7-5-6(11(12)13)1-2-8(7)14-4-3-10;/h1-2,5H,3-4,10H2;1H. The summed E-state index contributed by atoms with van der Waals surface area (Å²) in [6, 6.07) is 3.20. The van der Waals surface area contributed by atoms with E-state index < -0.39 is 10.7 Å². The molecule has 0 bridgehead atoms. The van der Waals surface area contributed by atoms with E-state index in [4.69, 9.17) is 10.5 Å². The van der Waals surface area contributed by atoms with Crippen LogP contribution in [0.5, 0.6) is 5.75 Å². The first kappa shape index (κ1) is 13.6. The Kier molecular flexibility index (Phi) is 5.58. The molecule has 0 amide bonds. The lowest BCUT2D eigenvalue weighted by molar-refractivity contribution is -0.385. The molecule has 0 aliphatic heterocycles. The molecule has 0 unspecified atom stereocenters. The summed E-state index contributed by atoms with van der Waals surface area (Å²) in [5.74, 6) is -0.784. The molecule has 1 aromatic rings. The third-order valence-corrected chi connectivity index (χ3v) is 1.50. The third-order valence-electron chi connectivity index (χ3n) is 1.50. The van der Waals surface area contributed by atoms with Crippen LogP contribution in [0.15, 0.2) is 18.2 Å². The highest BCUT2D eigenvalue weighted by Gasteiger charge is 2.10. The first-order chi connectivity index (χ1) is 6.65. The lowest BCUT2D eigenvalue weighted by atomic mass is 10.3. The fourth-order valence-electron chi connectivity index (χ4n) is 0.889. The Hall–Kier alpha value is -1.40. The third kappa shape index (κ3) is 3.69. The van der Waals surface area contributed by atoms with E-state index in [1.807, 2.05) is 0 Å². The van der Waals surface area contributed by atoms with Crippen LogP contribution >= 0.6 is 12.4 Å². The van der Waals surface area contributed by atoms with E-state index in [-0.39, 0.29) is 37.0 Å². The number of benzene rings is 1. The summed E-state index contributed by atoms with van der Waals surface area (Å²) in [6.45, 7) is 0.436. The van der Waals surface area contributed by atoms with Gasteiger partial charge in [-0.15, -0.1) is 12.4 Å². The smallest absolute Gasteiger partial charge is 0.272 e. The largest absolute Gasteiger partial charge is 0.489 e. The number of halogens is 2. The van der Waals surface area contributed by atoms with Gasteiger partial charge in [0.2, 0.25) is 0 Å². The van der Waals surface area contributed by atoms with E-state index in [0.717, 1.165) is 6.07 Å². The molecule has 0 saturated carbocycles. The minimum atomic E-state index is -0.757. The van der Waals surface area contributed by atoms with Crippen molar-refractivity contribution in [3.63, 3.8) is 0 Å². The summed E-state index contributed by atoms with van der Waals surface area (Å²) in [5, 5.41) is 10.3. The van der Waals surface area contributed by atoms with Crippen molar-refractivity contribution in [3.8, 4) is 5.75 Å². The van der Waals surface area contributed by atoms with Gasteiger partial charge in [-0.3, -0.25) is 10.1 Å². The molecule has 0 atom stereocenters. The van der Waals surface area contributed by atoms with Crippen LogP contribution in [0.3, 0.4) is 0 Å². The van der Waals surface area contributed by atoms with Crippen molar-refractivity contribution >= 4 is 18.1 Å². The van der Waals surface area contributed by atoms with Crippen molar-refractivity contribution in [1.29, 1.82) is 0 Å². The normalized spacial score (nSPS) is 9.20. The molecule has 0 heterocycles. The molecule has 5 nitrogen and oxygen atoms in total. The van der Waals surface area contributed by atoms with Crippen LogP contribution in [0, 0.1) is 15.9 Å². The predicted molar refractivity (Wildman–Crippen MR) is 54.9 cm³/mol. The Bertz CT molecular complexity index is 349. The zero-order valence-electron chi connectivity index (χ0n) is 7.68. The highest BCUT2D eigenvalue weighted by atomic mass is 35.5. The van der Waals surface area contributed by atoms with Gasteiger partial charge >= 0.3 is 0 Å². The molecular weight excluding hydrogens is 227 g/mol. The highest BCUT2D eigenvalue weighted by molar-refractivity contribution is 5.85. The summed E-state index contributed by atoms with van der Waals surface area (Å²) in [6.07, 6.45) is 0. The van der Waals surface area contributed by atoms with Crippen LogP contribution in [0.25, 0.3) is 0 Å². The van der Waals surface area contributed by atoms with Gasteiger partial charge in [0, 0.05) is 12.6 Å². The van der Waals surface area contributed by atoms with Crippen LogP contribution in [-0.2, 0) is 0 Å². The molecule has 7 heteroatoms. The molecule has 84 valence electrons. The number of hydrogen-bond acceptors (Lipinski definition) is 4. The maximum Gasteiger partial charge on any atom is 0.272 e. The Balaban J connectivity index is 0.00000196. The predicted octanol–water partition coefficient (Wildman–Crippen LogP) is 1.49. The van der Waals surface area contributed by atoms with Crippen molar-refractivity contribution in [2.24, 2.45) is 5.73 Å². The summed E-state index contributed by atoms with van der Waals surface area (Å²) >= 11 is 0. The fourth-order valence-corrected chi connectivity index (χ4v) is 0.889. The lowest BCUT2D eigenvalue weighted by Crippen LogP contribution is -2.11. The summed E-state index contributed by atoms with van der Waals surface area (Å²) in [5.41, 5.74) is 4.85. The molecule has 1 aromatic carbocycles. The fraction of sp³-hybridized carbons (Fsp3) is 0.250. The molecule has 2 N–H and O–H groups in total.